The van der Waals surface area contributed by atoms with Crippen LogP contribution in [0.4, 0.5) is 0 Å². The van der Waals surface area contributed by atoms with Gasteiger partial charge in [0.2, 0.25) is 0 Å². The van der Waals surface area contributed by atoms with Crippen LogP contribution in [-0.2, 0) is 15.4 Å². The average molecular weight is 294 g/mol. The molecule has 2 heterocycles. The number of aryl methyl sites for hydroxylation is 2. The highest BCUT2D eigenvalue weighted by atomic mass is 32.2. The highest BCUT2D eigenvalue weighted by Gasteiger charge is 2.50. The topological polar surface area (TPSA) is 54.4 Å². The molecular formula is C16H22O3S. The zero-order chi connectivity index (χ0) is 14.5. The van der Waals surface area contributed by atoms with Crippen LogP contribution in [0.5, 0.6) is 0 Å². The number of benzene rings is 1. The fourth-order valence-corrected chi connectivity index (χ4v) is 6.26. The second-order valence-corrected chi connectivity index (χ2v) is 9.01. The molecule has 3 nitrogen and oxygen atoms in total. The summed E-state index contributed by atoms with van der Waals surface area (Å²) in [7, 11) is -3.02. The predicted molar refractivity (Wildman–Crippen MR) is 79.4 cm³/mol. The Morgan fingerprint density at radius 2 is 1.70 bits per heavy atom. The Hall–Kier alpha value is -0.870. The highest BCUT2D eigenvalue weighted by Crippen LogP contribution is 2.46. The van der Waals surface area contributed by atoms with Gasteiger partial charge in [0.1, 0.15) is 0 Å². The van der Waals surface area contributed by atoms with Gasteiger partial charge < -0.3 is 5.11 Å². The van der Waals surface area contributed by atoms with E-state index >= 15 is 0 Å². The summed E-state index contributed by atoms with van der Waals surface area (Å²) >= 11 is 0. The van der Waals surface area contributed by atoms with Crippen LogP contribution < -0.4 is 0 Å². The Kier molecular flexibility index (Phi) is 3.22. The Balaban J connectivity index is 1.99. The van der Waals surface area contributed by atoms with E-state index < -0.39 is 15.4 Å². The first-order valence-electron chi connectivity index (χ1n) is 7.36. The average Bonchev–Trinajstić information content (AvgIpc) is 2.35. The molecule has 0 spiro atoms. The van der Waals surface area contributed by atoms with Crippen LogP contribution in [0.2, 0.25) is 0 Å². The van der Waals surface area contributed by atoms with Gasteiger partial charge in [-0.2, -0.15) is 0 Å². The van der Waals surface area contributed by atoms with E-state index in [1.165, 1.54) is 5.56 Å². The molecule has 2 bridgehead atoms. The van der Waals surface area contributed by atoms with Crippen LogP contribution in [0.3, 0.4) is 0 Å². The third-order valence-corrected chi connectivity index (χ3v) is 7.82. The summed E-state index contributed by atoms with van der Waals surface area (Å²) < 4.78 is 24.6. The van der Waals surface area contributed by atoms with Crippen LogP contribution in [0.15, 0.2) is 18.2 Å². The molecule has 110 valence electrons. The largest absolute Gasteiger partial charge is 0.385 e. The molecule has 0 aromatic heterocycles. The molecular weight excluding hydrogens is 272 g/mol. The molecule has 1 aromatic rings. The first-order chi connectivity index (χ1) is 9.33. The summed E-state index contributed by atoms with van der Waals surface area (Å²) in [4.78, 5) is 0. The maximum atomic E-state index is 12.3. The first kappa shape index (κ1) is 14.1. The van der Waals surface area contributed by atoms with Crippen molar-refractivity contribution in [3.05, 3.63) is 34.9 Å². The molecule has 2 aliphatic heterocycles. The van der Waals surface area contributed by atoms with E-state index in [2.05, 4.69) is 0 Å². The second kappa shape index (κ2) is 4.57. The Bertz CT molecular complexity index is 613. The van der Waals surface area contributed by atoms with Gasteiger partial charge in [0.15, 0.2) is 9.84 Å². The summed E-state index contributed by atoms with van der Waals surface area (Å²) in [5.74, 6) is 0. The molecule has 2 fully saturated rings. The summed E-state index contributed by atoms with van der Waals surface area (Å²) in [6.45, 7) is 4.08. The first-order valence-corrected chi connectivity index (χ1v) is 8.97. The Morgan fingerprint density at radius 1 is 1.10 bits per heavy atom. The molecule has 3 rings (SSSR count). The fourth-order valence-electron chi connectivity index (χ4n) is 3.71. The molecule has 4 heteroatoms. The van der Waals surface area contributed by atoms with Gasteiger partial charge in [-0.3, -0.25) is 0 Å². The van der Waals surface area contributed by atoms with Crippen molar-refractivity contribution >= 4 is 9.84 Å². The second-order valence-electron chi connectivity index (χ2n) is 6.50. The van der Waals surface area contributed by atoms with Gasteiger partial charge in [-0.15, -0.1) is 0 Å². The highest BCUT2D eigenvalue weighted by molar-refractivity contribution is 7.92. The number of aliphatic hydroxyl groups is 1. The molecule has 2 atom stereocenters. The number of hydrogen-bond acceptors (Lipinski definition) is 3. The van der Waals surface area contributed by atoms with Gasteiger partial charge in [-0.25, -0.2) is 8.42 Å². The van der Waals surface area contributed by atoms with Crippen LogP contribution in [0, 0.1) is 13.8 Å². The molecule has 0 aliphatic carbocycles. The number of sulfone groups is 1. The zero-order valence-corrected chi connectivity index (χ0v) is 12.9. The van der Waals surface area contributed by atoms with Crippen LogP contribution >= 0.6 is 0 Å². The van der Waals surface area contributed by atoms with E-state index in [9.17, 15) is 13.5 Å². The van der Waals surface area contributed by atoms with Gasteiger partial charge in [-0.05, 0) is 56.2 Å². The summed E-state index contributed by atoms with van der Waals surface area (Å²) in [5.41, 5.74) is 2.25. The molecule has 2 aliphatic rings. The summed E-state index contributed by atoms with van der Waals surface area (Å²) in [6, 6.07) is 5.99. The monoisotopic (exact) mass is 294 g/mol. The molecule has 0 amide bonds. The molecule has 0 saturated carbocycles. The van der Waals surface area contributed by atoms with Crippen molar-refractivity contribution in [3.63, 3.8) is 0 Å². The molecule has 20 heavy (non-hydrogen) atoms. The van der Waals surface area contributed by atoms with Gasteiger partial charge in [0.05, 0.1) is 16.1 Å². The molecule has 2 saturated heterocycles. The van der Waals surface area contributed by atoms with E-state index in [1.54, 1.807) is 0 Å². The normalized spacial score (nSPS) is 35.8. The summed E-state index contributed by atoms with van der Waals surface area (Å²) in [5, 5.41) is 10.3. The van der Waals surface area contributed by atoms with Crippen molar-refractivity contribution < 1.29 is 13.5 Å². The van der Waals surface area contributed by atoms with Crippen molar-refractivity contribution in [2.45, 2.75) is 62.1 Å². The lowest BCUT2D eigenvalue weighted by Gasteiger charge is -2.44. The lowest BCUT2D eigenvalue weighted by molar-refractivity contribution is 0.00495. The van der Waals surface area contributed by atoms with Gasteiger partial charge in [0.25, 0.3) is 0 Å². The van der Waals surface area contributed by atoms with Crippen LogP contribution in [0.1, 0.15) is 48.8 Å². The van der Waals surface area contributed by atoms with Crippen molar-refractivity contribution in [2.24, 2.45) is 0 Å². The standard InChI is InChI=1S/C16H22O3S/c1-11-6-7-13(8-12(11)2)16(17)9-14-4-3-5-15(10-16)20(14,18)19/h6-8,14-15,17H,3-5,9-10H2,1-2H3. The number of rotatable bonds is 1. The van der Waals surface area contributed by atoms with E-state index in [0.717, 1.165) is 17.5 Å². The fraction of sp³-hybridized carbons (Fsp3) is 0.625. The smallest absolute Gasteiger partial charge is 0.156 e. The minimum absolute atomic E-state index is 0.355. The van der Waals surface area contributed by atoms with Crippen molar-refractivity contribution in [1.29, 1.82) is 0 Å². The zero-order valence-electron chi connectivity index (χ0n) is 12.1. The van der Waals surface area contributed by atoms with E-state index in [1.807, 2.05) is 32.0 Å². The van der Waals surface area contributed by atoms with Crippen molar-refractivity contribution in [2.75, 3.05) is 0 Å². The number of hydrogen-bond donors (Lipinski definition) is 1. The van der Waals surface area contributed by atoms with Gasteiger partial charge >= 0.3 is 0 Å². The predicted octanol–water partition coefficient (Wildman–Crippen LogP) is 2.62. The minimum atomic E-state index is -3.02. The minimum Gasteiger partial charge on any atom is -0.385 e. The molecule has 1 N–H and O–H groups in total. The number of fused-ring (bicyclic) bond motifs is 2. The third kappa shape index (κ3) is 2.09. The summed E-state index contributed by atoms with van der Waals surface area (Å²) in [6.07, 6.45) is 3.08. The lowest BCUT2D eigenvalue weighted by Crippen LogP contribution is -2.50. The van der Waals surface area contributed by atoms with Gasteiger partial charge in [0, 0.05) is 0 Å². The Morgan fingerprint density at radius 3 is 2.25 bits per heavy atom. The quantitative estimate of drug-likeness (QED) is 0.866. The van der Waals surface area contributed by atoms with E-state index in [-0.39, 0.29) is 10.5 Å². The van der Waals surface area contributed by atoms with Crippen molar-refractivity contribution in [3.8, 4) is 0 Å². The maximum absolute atomic E-state index is 12.3. The van der Waals surface area contributed by atoms with E-state index in [0.29, 0.717) is 25.7 Å². The third-order valence-electron chi connectivity index (χ3n) is 5.16. The SMILES string of the molecule is Cc1ccc(C2(O)CC3CCCC(C2)S3(=O)=O)cc1C. The lowest BCUT2D eigenvalue weighted by atomic mass is 9.80. The molecule has 1 aromatic carbocycles. The van der Waals surface area contributed by atoms with Crippen molar-refractivity contribution in [1.82, 2.24) is 0 Å². The van der Waals surface area contributed by atoms with Gasteiger partial charge in [-0.1, -0.05) is 24.6 Å². The van der Waals surface area contributed by atoms with Crippen LogP contribution in [-0.4, -0.2) is 24.0 Å². The molecule has 0 radical (unpaired) electrons. The van der Waals surface area contributed by atoms with Crippen LogP contribution in [0.25, 0.3) is 0 Å². The Labute approximate surface area is 120 Å². The van der Waals surface area contributed by atoms with E-state index in [4.69, 9.17) is 0 Å². The maximum Gasteiger partial charge on any atom is 0.156 e. The molecule has 2 unspecified atom stereocenters.